The zero-order chi connectivity index (χ0) is 28.5. The van der Waals surface area contributed by atoms with Gasteiger partial charge in [-0.05, 0) is 91.9 Å². The van der Waals surface area contributed by atoms with Crippen LogP contribution in [0.5, 0.6) is 0 Å². The van der Waals surface area contributed by atoms with E-state index in [0.717, 1.165) is 10.8 Å². The summed E-state index contributed by atoms with van der Waals surface area (Å²) in [7, 11) is 0. The first-order valence-electron chi connectivity index (χ1n) is 13.4. The van der Waals surface area contributed by atoms with Crippen molar-refractivity contribution < 1.29 is 19.2 Å². The van der Waals surface area contributed by atoms with Crippen LogP contribution in [0.3, 0.4) is 0 Å². The van der Waals surface area contributed by atoms with Crippen molar-refractivity contribution in [3.05, 3.63) is 113 Å². The number of hydrogen-bond donors (Lipinski definition) is 3. The van der Waals surface area contributed by atoms with Crippen LogP contribution in [-0.2, 0) is 4.79 Å². The van der Waals surface area contributed by atoms with Gasteiger partial charge in [0.05, 0.1) is 6.04 Å². The van der Waals surface area contributed by atoms with Gasteiger partial charge >= 0.3 is 0 Å². The number of unbranched alkanes of at least 4 members (excludes halogenated alkanes) is 1. The Kier molecular flexibility index (Phi) is 9.41. The minimum atomic E-state index is -0.621. The standard InChI is InChI=1S/C33H33N3O4/c1-22-20-28(35-32(39)27-16-15-24-10-6-7-13-26(24)21-27)17-18-29(22)33(40)36-30(23(2)37)14-8-9-19-34-31(38)25-11-4-3-5-12-25/h3-7,10-13,15-18,20-21,30H,8-9,14,19H2,1-2H3,(H,34,38)(H,35,39)(H,36,40). The van der Waals surface area contributed by atoms with Crippen LogP contribution in [-0.4, -0.2) is 36.1 Å². The first kappa shape index (κ1) is 28.2. The molecular weight excluding hydrogens is 502 g/mol. The van der Waals surface area contributed by atoms with Crippen molar-refractivity contribution in [3.8, 4) is 0 Å². The SMILES string of the molecule is CC(=O)C(CCCCNC(=O)c1ccccc1)NC(=O)c1ccc(NC(=O)c2ccc3ccccc3c2)cc1C. The predicted octanol–water partition coefficient (Wildman–Crippen LogP) is 5.69. The fourth-order valence-electron chi connectivity index (χ4n) is 4.51. The maximum absolute atomic E-state index is 13.0. The summed E-state index contributed by atoms with van der Waals surface area (Å²) in [6.45, 7) is 3.73. The highest BCUT2D eigenvalue weighted by Gasteiger charge is 2.19. The molecule has 0 aliphatic rings. The van der Waals surface area contributed by atoms with Crippen LogP contribution >= 0.6 is 0 Å². The number of ketones is 1. The summed E-state index contributed by atoms with van der Waals surface area (Å²) in [6, 6.07) is 26.8. The Labute approximate surface area is 234 Å². The number of benzene rings is 4. The lowest BCUT2D eigenvalue weighted by Gasteiger charge is -2.17. The Morgan fingerprint density at radius 3 is 2.15 bits per heavy atom. The first-order valence-corrected chi connectivity index (χ1v) is 13.4. The topological polar surface area (TPSA) is 104 Å². The van der Waals surface area contributed by atoms with Crippen LogP contribution in [0.2, 0.25) is 0 Å². The molecule has 0 bridgehead atoms. The van der Waals surface area contributed by atoms with Crippen LogP contribution in [0.4, 0.5) is 5.69 Å². The Balaban J connectivity index is 1.29. The summed E-state index contributed by atoms with van der Waals surface area (Å²) in [4.78, 5) is 50.2. The average molecular weight is 536 g/mol. The number of nitrogens with one attached hydrogen (secondary N) is 3. The molecule has 7 heteroatoms. The first-order chi connectivity index (χ1) is 19.3. The predicted molar refractivity (Wildman–Crippen MR) is 158 cm³/mol. The molecule has 0 fully saturated rings. The third-order valence-electron chi connectivity index (χ3n) is 6.78. The molecule has 0 aliphatic heterocycles. The third-order valence-corrected chi connectivity index (χ3v) is 6.78. The lowest BCUT2D eigenvalue weighted by Crippen LogP contribution is -2.40. The van der Waals surface area contributed by atoms with Gasteiger partial charge in [0.15, 0.2) is 5.78 Å². The number of anilines is 1. The van der Waals surface area contributed by atoms with Gasteiger partial charge in [-0.3, -0.25) is 19.2 Å². The lowest BCUT2D eigenvalue weighted by molar-refractivity contribution is -0.119. The second kappa shape index (κ2) is 13.3. The highest BCUT2D eigenvalue weighted by molar-refractivity contribution is 6.07. The van der Waals surface area contributed by atoms with Crippen LogP contribution < -0.4 is 16.0 Å². The van der Waals surface area contributed by atoms with Gasteiger partial charge in [0.2, 0.25) is 0 Å². The number of Topliss-reactive ketones (excluding diaryl/α,β-unsaturated/α-hetero) is 1. The van der Waals surface area contributed by atoms with Crippen molar-refractivity contribution in [1.29, 1.82) is 0 Å². The van der Waals surface area contributed by atoms with E-state index in [1.54, 1.807) is 43.3 Å². The summed E-state index contributed by atoms with van der Waals surface area (Å²) in [5.74, 6) is -0.843. The Morgan fingerprint density at radius 2 is 1.43 bits per heavy atom. The number of carbonyl (C=O) groups is 4. The van der Waals surface area contributed by atoms with Gasteiger partial charge in [-0.1, -0.05) is 48.5 Å². The molecule has 40 heavy (non-hydrogen) atoms. The van der Waals surface area contributed by atoms with Crippen LogP contribution in [0, 0.1) is 6.92 Å². The normalized spacial score (nSPS) is 11.4. The van der Waals surface area contributed by atoms with Crippen molar-refractivity contribution in [2.75, 3.05) is 11.9 Å². The van der Waals surface area contributed by atoms with Crippen molar-refractivity contribution >= 4 is 40.0 Å². The van der Waals surface area contributed by atoms with Gasteiger partial charge in [0.25, 0.3) is 17.7 Å². The highest BCUT2D eigenvalue weighted by atomic mass is 16.2. The number of hydrogen-bond acceptors (Lipinski definition) is 4. The minimum absolute atomic E-state index is 0.126. The van der Waals surface area contributed by atoms with Crippen molar-refractivity contribution in [1.82, 2.24) is 10.6 Å². The number of carbonyl (C=O) groups excluding carboxylic acids is 4. The van der Waals surface area contributed by atoms with Gasteiger partial charge < -0.3 is 16.0 Å². The van der Waals surface area contributed by atoms with Gasteiger partial charge in [0.1, 0.15) is 0 Å². The zero-order valence-electron chi connectivity index (χ0n) is 22.7. The minimum Gasteiger partial charge on any atom is -0.352 e. The van der Waals surface area contributed by atoms with Gasteiger partial charge in [-0.25, -0.2) is 0 Å². The third kappa shape index (κ3) is 7.41. The van der Waals surface area contributed by atoms with E-state index in [1.807, 2.05) is 54.6 Å². The molecule has 1 atom stereocenters. The van der Waals surface area contributed by atoms with E-state index in [2.05, 4.69) is 16.0 Å². The van der Waals surface area contributed by atoms with Crippen molar-refractivity contribution in [2.45, 2.75) is 39.2 Å². The smallest absolute Gasteiger partial charge is 0.255 e. The van der Waals surface area contributed by atoms with Gasteiger partial charge in [-0.15, -0.1) is 0 Å². The zero-order valence-corrected chi connectivity index (χ0v) is 22.7. The van der Waals surface area contributed by atoms with Crippen molar-refractivity contribution in [2.24, 2.45) is 0 Å². The number of aryl methyl sites for hydroxylation is 1. The molecule has 3 N–H and O–H groups in total. The maximum Gasteiger partial charge on any atom is 0.255 e. The van der Waals surface area contributed by atoms with E-state index in [1.165, 1.54) is 6.92 Å². The Morgan fingerprint density at radius 1 is 0.700 bits per heavy atom. The summed E-state index contributed by atoms with van der Waals surface area (Å²) in [5, 5.41) is 10.6. The summed E-state index contributed by atoms with van der Waals surface area (Å²) in [6.07, 6.45) is 1.82. The second-order valence-corrected chi connectivity index (χ2v) is 9.80. The molecule has 3 amide bonds. The molecule has 4 rings (SSSR count). The molecule has 0 saturated heterocycles. The molecule has 0 spiro atoms. The van der Waals surface area contributed by atoms with E-state index in [-0.39, 0.29) is 23.5 Å². The van der Waals surface area contributed by atoms with E-state index in [4.69, 9.17) is 0 Å². The summed E-state index contributed by atoms with van der Waals surface area (Å²) >= 11 is 0. The molecule has 0 aliphatic carbocycles. The molecule has 1 unspecified atom stereocenters. The number of fused-ring (bicyclic) bond motifs is 1. The summed E-state index contributed by atoms with van der Waals surface area (Å²) in [5.41, 5.74) is 2.84. The van der Waals surface area contributed by atoms with E-state index >= 15 is 0 Å². The lowest BCUT2D eigenvalue weighted by atomic mass is 10.0. The maximum atomic E-state index is 13.0. The van der Waals surface area contributed by atoms with E-state index in [9.17, 15) is 19.2 Å². The highest BCUT2D eigenvalue weighted by Crippen LogP contribution is 2.19. The van der Waals surface area contributed by atoms with Crippen molar-refractivity contribution in [3.63, 3.8) is 0 Å². The average Bonchev–Trinajstić information content (AvgIpc) is 2.96. The van der Waals surface area contributed by atoms with Gasteiger partial charge in [0, 0.05) is 28.9 Å². The largest absolute Gasteiger partial charge is 0.352 e. The molecular formula is C33H33N3O4. The van der Waals surface area contributed by atoms with Crippen LogP contribution in [0.15, 0.2) is 91.0 Å². The number of amides is 3. The molecule has 0 saturated carbocycles. The monoisotopic (exact) mass is 535 g/mol. The molecule has 4 aromatic carbocycles. The molecule has 7 nitrogen and oxygen atoms in total. The van der Waals surface area contributed by atoms with Gasteiger partial charge in [-0.2, -0.15) is 0 Å². The van der Waals surface area contributed by atoms with E-state index in [0.29, 0.717) is 53.7 Å². The Hall–Kier alpha value is -4.78. The van der Waals surface area contributed by atoms with Crippen LogP contribution in [0.1, 0.15) is 62.8 Å². The second-order valence-electron chi connectivity index (χ2n) is 9.80. The molecule has 204 valence electrons. The fourth-order valence-corrected chi connectivity index (χ4v) is 4.51. The summed E-state index contributed by atoms with van der Waals surface area (Å²) < 4.78 is 0. The van der Waals surface area contributed by atoms with E-state index < -0.39 is 6.04 Å². The molecule has 0 radical (unpaired) electrons. The molecule has 4 aromatic rings. The fraction of sp³-hybridized carbons (Fsp3) is 0.212. The quantitative estimate of drug-likeness (QED) is 0.215. The Bertz CT molecular complexity index is 1530. The molecule has 0 heterocycles. The number of rotatable bonds is 11. The van der Waals surface area contributed by atoms with Crippen LogP contribution in [0.25, 0.3) is 10.8 Å². The molecule has 0 aromatic heterocycles.